The third-order valence-electron chi connectivity index (χ3n) is 3.41. The van der Waals surface area contributed by atoms with Gasteiger partial charge in [-0.1, -0.05) is 28.1 Å². The molecule has 1 aromatic heterocycles. The predicted molar refractivity (Wildman–Crippen MR) is 90.9 cm³/mol. The number of carbonyl (C=O) groups is 1. The first-order valence-corrected chi connectivity index (χ1v) is 7.76. The van der Waals surface area contributed by atoms with Crippen LogP contribution in [-0.2, 0) is 0 Å². The number of anilines is 1. The van der Waals surface area contributed by atoms with E-state index in [9.17, 15) is 9.18 Å². The average Bonchev–Trinajstić information content (AvgIpc) is 3.00. The monoisotopic (exact) mass is 373 g/mol. The standard InChI is InChI=1S/C18H13BrFNO2/c1-11-10-12(19)6-7-15(11)21-18(22)17-9-8-16(23-17)13-4-2-3-5-14(13)20/h2-10H,1H3,(H,21,22). The van der Waals surface area contributed by atoms with Crippen molar-refractivity contribution in [2.75, 3.05) is 5.32 Å². The molecule has 0 radical (unpaired) electrons. The number of benzene rings is 2. The molecule has 0 aliphatic rings. The van der Waals surface area contributed by atoms with Crippen LogP contribution in [0.5, 0.6) is 0 Å². The number of amides is 1. The zero-order chi connectivity index (χ0) is 16.4. The van der Waals surface area contributed by atoms with Crippen LogP contribution in [0.25, 0.3) is 11.3 Å². The summed E-state index contributed by atoms with van der Waals surface area (Å²) in [4.78, 5) is 12.3. The summed E-state index contributed by atoms with van der Waals surface area (Å²) in [7, 11) is 0. The van der Waals surface area contributed by atoms with E-state index in [-0.39, 0.29) is 11.7 Å². The molecule has 0 fully saturated rings. The van der Waals surface area contributed by atoms with Crippen LogP contribution in [-0.4, -0.2) is 5.91 Å². The molecule has 0 aliphatic heterocycles. The number of furan rings is 1. The Kier molecular flexibility index (Phi) is 4.30. The minimum Gasteiger partial charge on any atom is -0.451 e. The van der Waals surface area contributed by atoms with Crippen molar-refractivity contribution in [2.45, 2.75) is 6.92 Å². The molecule has 0 saturated carbocycles. The number of hydrogen-bond acceptors (Lipinski definition) is 2. The van der Waals surface area contributed by atoms with Crippen molar-refractivity contribution >= 4 is 27.5 Å². The van der Waals surface area contributed by atoms with E-state index in [0.29, 0.717) is 17.0 Å². The van der Waals surface area contributed by atoms with Gasteiger partial charge in [0, 0.05) is 10.2 Å². The van der Waals surface area contributed by atoms with E-state index in [1.165, 1.54) is 12.1 Å². The largest absolute Gasteiger partial charge is 0.451 e. The van der Waals surface area contributed by atoms with E-state index in [2.05, 4.69) is 21.2 Å². The predicted octanol–water partition coefficient (Wildman–Crippen LogP) is 5.41. The number of halogens is 2. The van der Waals surface area contributed by atoms with Crippen LogP contribution in [0.4, 0.5) is 10.1 Å². The molecular formula is C18H13BrFNO2. The molecule has 0 atom stereocenters. The van der Waals surface area contributed by atoms with Gasteiger partial charge in [0.05, 0.1) is 5.56 Å². The number of carbonyl (C=O) groups excluding carboxylic acids is 1. The molecule has 23 heavy (non-hydrogen) atoms. The minimum absolute atomic E-state index is 0.130. The smallest absolute Gasteiger partial charge is 0.291 e. The van der Waals surface area contributed by atoms with Crippen LogP contribution in [0.3, 0.4) is 0 Å². The molecule has 0 aliphatic carbocycles. The normalized spacial score (nSPS) is 10.6. The average molecular weight is 374 g/mol. The van der Waals surface area contributed by atoms with E-state index in [1.807, 2.05) is 19.1 Å². The fraction of sp³-hybridized carbons (Fsp3) is 0.0556. The van der Waals surface area contributed by atoms with E-state index >= 15 is 0 Å². The number of rotatable bonds is 3. The first-order valence-electron chi connectivity index (χ1n) is 6.97. The summed E-state index contributed by atoms with van der Waals surface area (Å²) in [6.45, 7) is 1.90. The topological polar surface area (TPSA) is 42.2 Å². The second-order valence-electron chi connectivity index (χ2n) is 5.06. The van der Waals surface area contributed by atoms with Gasteiger partial charge in [0.1, 0.15) is 11.6 Å². The summed E-state index contributed by atoms with van der Waals surface area (Å²) in [6.07, 6.45) is 0. The van der Waals surface area contributed by atoms with E-state index < -0.39 is 5.82 Å². The van der Waals surface area contributed by atoms with Gasteiger partial charge in [-0.05, 0) is 55.0 Å². The van der Waals surface area contributed by atoms with Crippen LogP contribution in [0.15, 0.2) is 63.5 Å². The quantitative estimate of drug-likeness (QED) is 0.666. The summed E-state index contributed by atoms with van der Waals surface area (Å²) < 4.78 is 20.2. The summed E-state index contributed by atoms with van der Waals surface area (Å²) in [5.74, 6) is -0.318. The highest BCUT2D eigenvalue weighted by Crippen LogP contribution is 2.26. The van der Waals surface area contributed by atoms with Crippen LogP contribution in [0.1, 0.15) is 16.1 Å². The lowest BCUT2D eigenvalue weighted by Crippen LogP contribution is -2.11. The van der Waals surface area contributed by atoms with Gasteiger partial charge in [0.15, 0.2) is 5.76 Å². The number of hydrogen-bond donors (Lipinski definition) is 1. The van der Waals surface area contributed by atoms with Crippen LogP contribution in [0.2, 0.25) is 0 Å². The fourth-order valence-corrected chi connectivity index (χ4v) is 2.69. The summed E-state index contributed by atoms with van der Waals surface area (Å²) in [5, 5.41) is 2.79. The Morgan fingerprint density at radius 2 is 1.91 bits per heavy atom. The Bertz CT molecular complexity index is 873. The molecule has 0 unspecified atom stereocenters. The van der Waals surface area contributed by atoms with Crippen molar-refractivity contribution in [3.8, 4) is 11.3 Å². The SMILES string of the molecule is Cc1cc(Br)ccc1NC(=O)c1ccc(-c2ccccc2F)o1. The molecule has 0 spiro atoms. The molecule has 1 N–H and O–H groups in total. The first kappa shape index (κ1) is 15.5. The lowest BCUT2D eigenvalue weighted by molar-refractivity contribution is 0.0997. The fourth-order valence-electron chi connectivity index (χ4n) is 2.22. The van der Waals surface area contributed by atoms with E-state index in [1.54, 1.807) is 30.3 Å². The summed E-state index contributed by atoms with van der Waals surface area (Å²) in [5.41, 5.74) is 1.95. The molecule has 1 heterocycles. The van der Waals surface area contributed by atoms with Gasteiger partial charge in [-0.3, -0.25) is 4.79 Å². The molecule has 3 nitrogen and oxygen atoms in total. The van der Waals surface area contributed by atoms with E-state index in [0.717, 1.165) is 10.0 Å². The molecule has 5 heteroatoms. The summed E-state index contributed by atoms with van der Waals surface area (Å²) >= 11 is 3.38. The molecule has 1 amide bonds. The molecule has 3 aromatic rings. The highest BCUT2D eigenvalue weighted by molar-refractivity contribution is 9.10. The number of aryl methyl sites for hydroxylation is 1. The van der Waals surface area contributed by atoms with Crippen molar-refractivity contribution in [3.05, 3.63) is 76.2 Å². The zero-order valence-corrected chi connectivity index (χ0v) is 13.9. The highest BCUT2D eigenvalue weighted by Gasteiger charge is 2.15. The zero-order valence-electron chi connectivity index (χ0n) is 12.3. The lowest BCUT2D eigenvalue weighted by Gasteiger charge is -2.07. The third-order valence-corrected chi connectivity index (χ3v) is 3.90. The van der Waals surface area contributed by atoms with Crippen LogP contribution < -0.4 is 5.32 Å². The first-order chi connectivity index (χ1) is 11.0. The maximum Gasteiger partial charge on any atom is 0.291 e. The van der Waals surface area contributed by atoms with Crippen molar-refractivity contribution < 1.29 is 13.6 Å². The van der Waals surface area contributed by atoms with Crippen molar-refractivity contribution in [1.29, 1.82) is 0 Å². The Morgan fingerprint density at radius 1 is 1.13 bits per heavy atom. The molecule has 2 aromatic carbocycles. The van der Waals surface area contributed by atoms with Gasteiger partial charge in [0.2, 0.25) is 0 Å². The number of nitrogens with one attached hydrogen (secondary N) is 1. The van der Waals surface area contributed by atoms with Gasteiger partial charge >= 0.3 is 0 Å². The van der Waals surface area contributed by atoms with Gasteiger partial charge in [-0.2, -0.15) is 0 Å². The van der Waals surface area contributed by atoms with Gasteiger partial charge in [-0.15, -0.1) is 0 Å². The highest BCUT2D eigenvalue weighted by atomic mass is 79.9. The molecule has 0 saturated heterocycles. The van der Waals surface area contributed by atoms with Gasteiger partial charge in [0.25, 0.3) is 5.91 Å². The molecular weight excluding hydrogens is 361 g/mol. The van der Waals surface area contributed by atoms with Gasteiger partial charge in [-0.25, -0.2) is 4.39 Å². The molecule has 116 valence electrons. The van der Waals surface area contributed by atoms with Crippen LogP contribution >= 0.6 is 15.9 Å². The maximum absolute atomic E-state index is 13.8. The van der Waals surface area contributed by atoms with E-state index in [4.69, 9.17) is 4.42 Å². The lowest BCUT2D eigenvalue weighted by atomic mass is 10.1. The Hall–Kier alpha value is -2.40. The second-order valence-corrected chi connectivity index (χ2v) is 5.97. The van der Waals surface area contributed by atoms with Gasteiger partial charge < -0.3 is 9.73 Å². The van der Waals surface area contributed by atoms with Crippen molar-refractivity contribution in [2.24, 2.45) is 0 Å². The summed E-state index contributed by atoms with van der Waals surface area (Å²) in [6, 6.07) is 14.9. The Labute approximate surface area is 141 Å². The maximum atomic E-state index is 13.8. The van der Waals surface area contributed by atoms with Crippen LogP contribution in [0, 0.1) is 12.7 Å². The van der Waals surface area contributed by atoms with Crippen molar-refractivity contribution in [1.82, 2.24) is 0 Å². The second kappa shape index (κ2) is 6.38. The minimum atomic E-state index is -0.391. The third kappa shape index (κ3) is 3.35. The molecule has 3 rings (SSSR count). The Morgan fingerprint density at radius 3 is 2.65 bits per heavy atom. The Balaban J connectivity index is 1.83. The van der Waals surface area contributed by atoms with Crippen molar-refractivity contribution in [3.63, 3.8) is 0 Å². The molecule has 0 bridgehead atoms.